The maximum atomic E-state index is 12.7. The van der Waals surface area contributed by atoms with Gasteiger partial charge in [0.25, 0.3) is 0 Å². The molecule has 0 saturated heterocycles. The van der Waals surface area contributed by atoms with Crippen LogP contribution in [0.25, 0.3) is 0 Å². The Bertz CT molecular complexity index is 630. The first-order valence-electron chi connectivity index (χ1n) is 8.62. The molecule has 24 heavy (non-hydrogen) atoms. The number of hydrogen-bond acceptors (Lipinski definition) is 1. The van der Waals surface area contributed by atoms with Gasteiger partial charge < -0.3 is 10.2 Å². The molecular weight excluding hydrogens is 296 g/mol. The quantitative estimate of drug-likeness (QED) is 0.838. The first-order valence-corrected chi connectivity index (χ1v) is 8.62. The standard InChI is InChI=1S/C21H24N2O/c24-21(22-15-18-9-7-8-10-18)23(16-19-11-3-1-4-12-19)17-20-13-5-2-6-14-20/h1-6,11-15H,7-10,16-17H2,(H,22,24). The highest BCUT2D eigenvalue weighted by molar-refractivity contribution is 5.75. The van der Waals surface area contributed by atoms with Gasteiger partial charge in [-0.05, 0) is 36.8 Å². The third-order valence-electron chi connectivity index (χ3n) is 4.37. The van der Waals surface area contributed by atoms with Crippen molar-refractivity contribution in [3.8, 4) is 0 Å². The molecule has 124 valence electrons. The Morgan fingerprint density at radius 2 is 1.38 bits per heavy atom. The predicted molar refractivity (Wildman–Crippen MR) is 97.2 cm³/mol. The fourth-order valence-electron chi connectivity index (χ4n) is 3.04. The minimum absolute atomic E-state index is 0.0397. The van der Waals surface area contributed by atoms with E-state index >= 15 is 0 Å². The van der Waals surface area contributed by atoms with Crippen molar-refractivity contribution < 1.29 is 4.79 Å². The lowest BCUT2D eigenvalue weighted by Gasteiger charge is -2.23. The number of benzene rings is 2. The smallest absolute Gasteiger partial charge is 0.316 e. The first-order chi connectivity index (χ1) is 11.8. The number of rotatable bonds is 5. The number of allylic oxidation sites excluding steroid dienone is 1. The van der Waals surface area contributed by atoms with E-state index in [1.54, 1.807) is 0 Å². The highest BCUT2D eigenvalue weighted by atomic mass is 16.2. The number of nitrogens with zero attached hydrogens (tertiary/aromatic N) is 1. The molecule has 0 unspecified atom stereocenters. The van der Waals surface area contributed by atoms with Crippen molar-refractivity contribution in [2.45, 2.75) is 38.8 Å². The van der Waals surface area contributed by atoms with Gasteiger partial charge in [0, 0.05) is 19.3 Å². The summed E-state index contributed by atoms with van der Waals surface area (Å²) < 4.78 is 0. The van der Waals surface area contributed by atoms with Crippen LogP contribution in [0, 0.1) is 0 Å². The summed E-state index contributed by atoms with van der Waals surface area (Å²) in [5.41, 5.74) is 3.62. The van der Waals surface area contributed by atoms with Crippen molar-refractivity contribution in [2.24, 2.45) is 0 Å². The highest BCUT2D eigenvalue weighted by Gasteiger charge is 2.14. The second-order valence-electron chi connectivity index (χ2n) is 6.29. The van der Waals surface area contributed by atoms with Gasteiger partial charge in [-0.1, -0.05) is 66.2 Å². The van der Waals surface area contributed by atoms with Gasteiger partial charge in [0.2, 0.25) is 0 Å². The summed E-state index contributed by atoms with van der Waals surface area (Å²) in [6.45, 7) is 1.20. The molecule has 3 heteroatoms. The minimum Gasteiger partial charge on any atom is -0.316 e. The normalized spacial score (nSPS) is 13.6. The van der Waals surface area contributed by atoms with Crippen LogP contribution in [-0.2, 0) is 13.1 Å². The first kappa shape index (κ1) is 16.3. The van der Waals surface area contributed by atoms with E-state index in [-0.39, 0.29) is 6.03 Å². The van der Waals surface area contributed by atoms with Gasteiger partial charge in [0.15, 0.2) is 0 Å². The van der Waals surface area contributed by atoms with Crippen molar-refractivity contribution in [2.75, 3.05) is 0 Å². The molecule has 0 aliphatic heterocycles. The van der Waals surface area contributed by atoms with E-state index in [0.717, 1.165) is 24.0 Å². The van der Waals surface area contributed by atoms with E-state index in [2.05, 4.69) is 29.6 Å². The lowest BCUT2D eigenvalue weighted by molar-refractivity contribution is 0.196. The lowest BCUT2D eigenvalue weighted by Crippen LogP contribution is -2.36. The van der Waals surface area contributed by atoms with Crippen LogP contribution in [0.1, 0.15) is 36.8 Å². The highest BCUT2D eigenvalue weighted by Crippen LogP contribution is 2.22. The van der Waals surface area contributed by atoms with Gasteiger partial charge in [-0.2, -0.15) is 0 Å². The number of carbonyl (C=O) groups is 1. The number of amides is 2. The summed E-state index contributed by atoms with van der Waals surface area (Å²) in [5, 5.41) is 2.99. The minimum atomic E-state index is -0.0397. The monoisotopic (exact) mass is 320 g/mol. The predicted octanol–water partition coefficient (Wildman–Crippen LogP) is 4.86. The van der Waals surface area contributed by atoms with E-state index in [0.29, 0.717) is 13.1 Å². The number of hydrogen-bond donors (Lipinski definition) is 1. The molecule has 0 spiro atoms. The SMILES string of the molecule is O=C(NC=C1CCCC1)N(Cc1ccccc1)Cc1ccccc1. The summed E-state index contributed by atoms with van der Waals surface area (Å²) in [6, 6.07) is 20.2. The molecule has 0 atom stereocenters. The molecule has 2 aromatic rings. The summed E-state index contributed by atoms with van der Waals surface area (Å²) in [4.78, 5) is 14.5. The van der Waals surface area contributed by atoms with Gasteiger partial charge in [0.1, 0.15) is 0 Å². The van der Waals surface area contributed by atoms with E-state index < -0.39 is 0 Å². The van der Waals surface area contributed by atoms with E-state index in [4.69, 9.17) is 0 Å². The van der Waals surface area contributed by atoms with Crippen LogP contribution in [0.15, 0.2) is 72.4 Å². The van der Waals surface area contributed by atoms with Gasteiger partial charge >= 0.3 is 6.03 Å². The van der Waals surface area contributed by atoms with Crippen LogP contribution in [-0.4, -0.2) is 10.9 Å². The van der Waals surface area contributed by atoms with Crippen molar-refractivity contribution in [3.63, 3.8) is 0 Å². The molecule has 1 aliphatic carbocycles. The molecule has 1 saturated carbocycles. The average molecular weight is 320 g/mol. The number of nitrogens with one attached hydrogen (secondary N) is 1. The Balaban J connectivity index is 1.70. The van der Waals surface area contributed by atoms with Gasteiger partial charge in [-0.25, -0.2) is 4.79 Å². The zero-order valence-corrected chi connectivity index (χ0v) is 13.9. The van der Waals surface area contributed by atoms with Crippen LogP contribution in [0.4, 0.5) is 4.79 Å². The van der Waals surface area contributed by atoms with Crippen LogP contribution in [0.5, 0.6) is 0 Å². The number of carbonyl (C=O) groups excluding carboxylic acids is 1. The van der Waals surface area contributed by atoms with Gasteiger partial charge in [-0.3, -0.25) is 0 Å². The van der Waals surface area contributed by atoms with Gasteiger partial charge in [0.05, 0.1) is 0 Å². The molecule has 1 fully saturated rings. The van der Waals surface area contributed by atoms with Crippen molar-refractivity contribution in [1.29, 1.82) is 0 Å². The molecule has 3 nitrogen and oxygen atoms in total. The average Bonchev–Trinajstić information content (AvgIpc) is 3.14. The molecule has 2 amide bonds. The zero-order chi connectivity index (χ0) is 16.6. The second-order valence-corrected chi connectivity index (χ2v) is 6.29. The van der Waals surface area contributed by atoms with E-state index in [9.17, 15) is 4.79 Å². The molecule has 2 aromatic carbocycles. The van der Waals surface area contributed by atoms with E-state index in [1.807, 2.05) is 47.5 Å². The topological polar surface area (TPSA) is 32.3 Å². The third kappa shape index (κ3) is 4.72. The fourth-order valence-corrected chi connectivity index (χ4v) is 3.04. The zero-order valence-electron chi connectivity index (χ0n) is 13.9. The molecule has 1 aliphatic rings. The van der Waals surface area contributed by atoms with Crippen LogP contribution >= 0.6 is 0 Å². The van der Waals surface area contributed by atoms with Crippen molar-refractivity contribution in [3.05, 3.63) is 83.6 Å². The molecule has 0 heterocycles. The van der Waals surface area contributed by atoms with E-state index in [1.165, 1.54) is 18.4 Å². The largest absolute Gasteiger partial charge is 0.321 e. The summed E-state index contributed by atoms with van der Waals surface area (Å²) >= 11 is 0. The molecule has 0 aromatic heterocycles. The Morgan fingerprint density at radius 3 is 1.88 bits per heavy atom. The number of urea groups is 1. The second kappa shape index (κ2) is 8.34. The Hall–Kier alpha value is -2.55. The fraction of sp³-hybridized carbons (Fsp3) is 0.286. The molecular formula is C21H24N2O. The molecule has 1 N–H and O–H groups in total. The molecule has 3 rings (SSSR count). The Labute approximate surface area is 144 Å². The van der Waals surface area contributed by atoms with Crippen LogP contribution < -0.4 is 5.32 Å². The molecule has 0 bridgehead atoms. The van der Waals surface area contributed by atoms with Gasteiger partial charge in [-0.15, -0.1) is 0 Å². The van der Waals surface area contributed by atoms with Crippen LogP contribution in [0.3, 0.4) is 0 Å². The lowest BCUT2D eigenvalue weighted by atomic mass is 10.2. The Kier molecular flexibility index (Phi) is 5.67. The summed E-state index contributed by atoms with van der Waals surface area (Å²) in [7, 11) is 0. The van der Waals surface area contributed by atoms with Crippen LogP contribution in [0.2, 0.25) is 0 Å². The summed E-state index contributed by atoms with van der Waals surface area (Å²) in [6.07, 6.45) is 6.60. The third-order valence-corrected chi connectivity index (χ3v) is 4.37. The van der Waals surface area contributed by atoms with Crippen molar-refractivity contribution in [1.82, 2.24) is 10.2 Å². The molecule has 0 radical (unpaired) electrons. The maximum absolute atomic E-state index is 12.7. The summed E-state index contributed by atoms with van der Waals surface area (Å²) in [5.74, 6) is 0. The maximum Gasteiger partial charge on any atom is 0.321 e. The van der Waals surface area contributed by atoms with Crippen molar-refractivity contribution >= 4 is 6.03 Å². The Morgan fingerprint density at radius 1 is 0.875 bits per heavy atom.